The molecule has 0 heterocycles. The maximum Gasteiger partial charge on any atom is 0.257 e. The van der Waals surface area contributed by atoms with E-state index in [2.05, 4.69) is 22.6 Å². The fourth-order valence-corrected chi connectivity index (χ4v) is 2.20. The molecule has 0 aliphatic rings. The summed E-state index contributed by atoms with van der Waals surface area (Å²) in [7, 11) is 0. The van der Waals surface area contributed by atoms with Crippen LogP contribution in [0.1, 0.15) is 37.0 Å². The van der Waals surface area contributed by atoms with E-state index in [1.807, 2.05) is 13.8 Å². The molecule has 1 N–H and O–H groups in total. The van der Waals surface area contributed by atoms with Crippen LogP contribution in [0.5, 0.6) is 5.75 Å². The summed E-state index contributed by atoms with van der Waals surface area (Å²) in [6.45, 7) is 5.56. The number of phenolic OH excluding ortho intramolecular Hbond substituents is 1. The van der Waals surface area contributed by atoms with Crippen LogP contribution in [-0.4, -0.2) is 29.0 Å². The number of halogens is 1. The van der Waals surface area contributed by atoms with E-state index in [0.29, 0.717) is 5.56 Å². The lowest BCUT2D eigenvalue weighted by molar-refractivity contribution is 0.0752. The molecular weight excluding hydrogens is 329 g/mol. The van der Waals surface area contributed by atoms with E-state index < -0.39 is 0 Å². The molecule has 1 aromatic rings. The summed E-state index contributed by atoms with van der Waals surface area (Å²) in [5, 5.41) is 9.74. The van der Waals surface area contributed by atoms with Crippen molar-refractivity contribution in [1.82, 2.24) is 4.90 Å². The fraction of sp³-hybridized carbons (Fsp3) is 0.462. The first-order valence-electron chi connectivity index (χ1n) is 5.88. The lowest BCUT2D eigenvalue weighted by Gasteiger charge is -2.22. The number of carbonyl (C=O) groups is 1. The van der Waals surface area contributed by atoms with Crippen LogP contribution in [0.4, 0.5) is 0 Å². The molecule has 0 atom stereocenters. The Morgan fingerprint density at radius 3 is 2.41 bits per heavy atom. The van der Waals surface area contributed by atoms with Gasteiger partial charge in [-0.15, -0.1) is 0 Å². The van der Waals surface area contributed by atoms with Crippen molar-refractivity contribution in [2.45, 2.75) is 26.7 Å². The Bertz CT molecular complexity index is 387. The lowest BCUT2D eigenvalue weighted by Crippen LogP contribution is -2.32. The van der Waals surface area contributed by atoms with Gasteiger partial charge in [0.05, 0.1) is 5.56 Å². The summed E-state index contributed by atoms with van der Waals surface area (Å²) in [5.41, 5.74) is 0.402. The number of rotatable bonds is 5. The highest BCUT2D eigenvalue weighted by Gasteiger charge is 2.17. The molecule has 1 rings (SSSR count). The van der Waals surface area contributed by atoms with Gasteiger partial charge in [0.15, 0.2) is 0 Å². The van der Waals surface area contributed by atoms with Crippen LogP contribution < -0.4 is 0 Å². The largest absolute Gasteiger partial charge is 0.507 e. The van der Waals surface area contributed by atoms with Crippen LogP contribution in [0.3, 0.4) is 0 Å². The molecule has 0 aliphatic carbocycles. The van der Waals surface area contributed by atoms with Crippen molar-refractivity contribution in [1.29, 1.82) is 0 Å². The van der Waals surface area contributed by atoms with Crippen molar-refractivity contribution in [2.24, 2.45) is 0 Å². The predicted octanol–water partition coefficient (Wildman–Crippen LogP) is 3.26. The molecule has 0 aliphatic heterocycles. The summed E-state index contributed by atoms with van der Waals surface area (Å²) in [6.07, 6.45) is 1.85. The lowest BCUT2D eigenvalue weighted by atomic mass is 10.1. The van der Waals surface area contributed by atoms with Gasteiger partial charge in [-0.1, -0.05) is 13.8 Å². The van der Waals surface area contributed by atoms with Crippen LogP contribution in [0, 0.1) is 3.57 Å². The highest BCUT2D eigenvalue weighted by molar-refractivity contribution is 14.1. The van der Waals surface area contributed by atoms with Crippen molar-refractivity contribution >= 4 is 28.5 Å². The molecule has 0 bridgehead atoms. The van der Waals surface area contributed by atoms with Crippen LogP contribution >= 0.6 is 22.6 Å². The molecule has 0 saturated carbocycles. The van der Waals surface area contributed by atoms with Gasteiger partial charge in [0.1, 0.15) is 5.75 Å². The second-order valence-electron chi connectivity index (χ2n) is 3.95. The number of phenols is 1. The van der Waals surface area contributed by atoms with Gasteiger partial charge in [-0.25, -0.2) is 0 Å². The van der Waals surface area contributed by atoms with Crippen LogP contribution in [0.2, 0.25) is 0 Å². The molecule has 0 aromatic heterocycles. The minimum Gasteiger partial charge on any atom is -0.507 e. The highest BCUT2D eigenvalue weighted by atomic mass is 127. The van der Waals surface area contributed by atoms with Crippen molar-refractivity contribution < 1.29 is 9.90 Å². The molecule has 4 heteroatoms. The van der Waals surface area contributed by atoms with E-state index in [9.17, 15) is 9.90 Å². The average molecular weight is 347 g/mol. The Morgan fingerprint density at radius 2 is 1.88 bits per heavy atom. The van der Waals surface area contributed by atoms with Gasteiger partial charge in [0.2, 0.25) is 0 Å². The monoisotopic (exact) mass is 347 g/mol. The SMILES string of the molecule is CCCN(CCC)C(=O)c1cc(I)ccc1O. The van der Waals surface area contributed by atoms with Crippen molar-refractivity contribution in [2.75, 3.05) is 13.1 Å². The molecule has 1 amide bonds. The zero-order valence-electron chi connectivity index (χ0n) is 10.2. The molecule has 1 aromatic carbocycles. The summed E-state index contributed by atoms with van der Waals surface area (Å²) in [6, 6.07) is 5.10. The minimum atomic E-state index is -0.0790. The van der Waals surface area contributed by atoms with Gasteiger partial charge >= 0.3 is 0 Å². The smallest absolute Gasteiger partial charge is 0.257 e. The van der Waals surface area contributed by atoms with Gasteiger partial charge in [-0.05, 0) is 53.6 Å². The third kappa shape index (κ3) is 3.87. The molecule has 0 unspecified atom stereocenters. The number of carbonyl (C=O) groups excluding carboxylic acids is 1. The number of amides is 1. The quantitative estimate of drug-likeness (QED) is 0.831. The zero-order chi connectivity index (χ0) is 12.8. The molecule has 0 spiro atoms. The molecular formula is C13H18INO2. The van der Waals surface area contributed by atoms with Gasteiger partial charge in [-0.3, -0.25) is 4.79 Å². The Hall–Kier alpha value is -0.780. The van der Waals surface area contributed by atoms with E-state index in [0.717, 1.165) is 29.5 Å². The third-order valence-corrected chi connectivity index (χ3v) is 3.13. The topological polar surface area (TPSA) is 40.5 Å². The van der Waals surface area contributed by atoms with E-state index in [1.165, 1.54) is 0 Å². The summed E-state index contributed by atoms with van der Waals surface area (Å²) in [5.74, 6) is -0.0164. The van der Waals surface area contributed by atoms with Crippen molar-refractivity contribution in [3.05, 3.63) is 27.3 Å². The first kappa shape index (κ1) is 14.3. The third-order valence-electron chi connectivity index (χ3n) is 2.46. The highest BCUT2D eigenvalue weighted by Crippen LogP contribution is 2.21. The first-order valence-corrected chi connectivity index (χ1v) is 6.95. The van der Waals surface area contributed by atoms with Gasteiger partial charge in [0.25, 0.3) is 5.91 Å². The Labute approximate surface area is 116 Å². The zero-order valence-corrected chi connectivity index (χ0v) is 12.4. The maximum absolute atomic E-state index is 12.3. The summed E-state index contributed by atoms with van der Waals surface area (Å²) in [4.78, 5) is 14.1. The molecule has 0 radical (unpaired) electrons. The molecule has 0 fully saturated rings. The molecule has 17 heavy (non-hydrogen) atoms. The normalized spacial score (nSPS) is 10.3. The fourth-order valence-electron chi connectivity index (χ4n) is 1.70. The molecule has 94 valence electrons. The van der Waals surface area contributed by atoms with E-state index in [4.69, 9.17) is 0 Å². The predicted molar refractivity (Wildman–Crippen MR) is 77.3 cm³/mol. The number of hydrogen-bond acceptors (Lipinski definition) is 2. The van der Waals surface area contributed by atoms with Crippen LogP contribution in [0.15, 0.2) is 18.2 Å². The Morgan fingerprint density at radius 1 is 1.29 bits per heavy atom. The van der Waals surface area contributed by atoms with Crippen LogP contribution in [0.25, 0.3) is 0 Å². The first-order chi connectivity index (χ1) is 8.10. The number of nitrogens with zero attached hydrogens (tertiary/aromatic N) is 1. The minimum absolute atomic E-state index is 0.0626. The summed E-state index contributed by atoms with van der Waals surface area (Å²) < 4.78 is 0.955. The van der Waals surface area contributed by atoms with E-state index in [1.54, 1.807) is 23.1 Å². The summed E-state index contributed by atoms with van der Waals surface area (Å²) >= 11 is 2.14. The second-order valence-corrected chi connectivity index (χ2v) is 5.20. The van der Waals surface area contributed by atoms with Gasteiger partial charge < -0.3 is 10.0 Å². The number of benzene rings is 1. The van der Waals surface area contributed by atoms with E-state index >= 15 is 0 Å². The van der Waals surface area contributed by atoms with Crippen molar-refractivity contribution in [3.8, 4) is 5.75 Å². The van der Waals surface area contributed by atoms with E-state index in [-0.39, 0.29) is 11.7 Å². The van der Waals surface area contributed by atoms with Gasteiger partial charge in [-0.2, -0.15) is 0 Å². The average Bonchev–Trinajstić information content (AvgIpc) is 2.31. The number of aromatic hydroxyl groups is 1. The number of hydrogen-bond donors (Lipinski definition) is 1. The molecule has 3 nitrogen and oxygen atoms in total. The standard InChI is InChI=1S/C13H18INO2/c1-3-7-15(8-4-2)13(17)11-9-10(14)5-6-12(11)16/h5-6,9,16H,3-4,7-8H2,1-2H3. The maximum atomic E-state index is 12.3. The van der Waals surface area contributed by atoms with Crippen LogP contribution in [-0.2, 0) is 0 Å². The molecule has 0 saturated heterocycles. The Kier molecular flexibility index (Phi) is 5.74. The van der Waals surface area contributed by atoms with Gasteiger partial charge in [0, 0.05) is 16.7 Å². The second kappa shape index (κ2) is 6.83. The van der Waals surface area contributed by atoms with Crippen molar-refractivity contribution in [3.63, 3.8) is 0 Å². The Balaban J connectivity index is 2.95.